The number of nitrogens with zero attached hydrogens (tertiary/aromatic N) is 4. The van der Waals surface area contributed by atoms with E-state index in [-0.39, 0.29) is 18.0 Å². The van der Waals surface area contributed by atoms with Crippen LogP contribution >= 0.6 is 0 Å². The van der Waals surface area contributed by atoms with E-state index in [0.717, 1.165) is 18.5 Å². The van der Waals surface area contributed by atoms with Crippen LogP contribution < -0.4 is 11.1 Å². The molecule has 0 radical (unpaired) electrons. The average molecular weight is 326 g/mol. The zero-order valence-corrected chi connectivity index (χ0v) is 13.5. The molecule has 7 heteroatoms. The van der Waals surface area contributed by atoms with Gasteiger partial charge in [-0.3, -0.25) is 4.79 Å². The number of nitrogens with two attached hydrogens (primary N) is 1. The molecule has 7 nitrogen and oxygen atoms in total. The minimum absolute atomic E-state index is 0.0257. The zero-order valence-electron chi connectivity index (χ0n) is 13.5. The highest BCUT2D eigenvalue weighted by molar-refractivity contribution is 5.95. The summed E-state index contributed by atoms with van der Waals surface area (Å²) in [5, 5.41) is 14.4. The second kappa shape index (κ2) is 6.32. The van der Waals surface area contributed by atoms with Crippen molar-refractivity contribution in [1.82, 2.24) is 25.5 Å². The summed E-state index contributed by atoms with van der Waals surface area (Å²) >= 11 is 0. The molecule has 1 amide bonds. The van der Waals surface area contributed by atoms with Crippen molar-refractivity contribution in [2.45, 2.75) is 44.2 Å². The molecule has 2 aliphatic carbocycles. The summed E-state index contributed by atoms with van der Waals surface area (Å²) in [6, 6.07) is 7.91. The molecular formula is C17H22N6O. The van der Waals surface area contributed by atoms with Crippen LogP contribution in [0.3, 0.4) is 0 Å². The summed E-state index contributed by atoms with van der Waals surface area (Å²) in [5.74, 6) is 1.00. The number of hydrogen-bond acceptors (Lipinski definition) is 5. The van der Waals surface area contributed by atoms with Gasteiger partial charge in [0.05, 0.1) is 5.69 Å². The highest BCUT2D eigenvalue weighted by atomic mass is 16.1. The van der Waals surface area contributed by atoms with Gasteiger partial charge < -0.3 is 11.1 Å². The van der Waals surface area contributed by atoms with Crippen LogP contribution in [0.4, 0.5) is 0 Å². The number of carbonyl (C=O) groups is 1. The molecule has 24 heavy (non-hydrogen) atoms. The third kappa shape index (κ3) is 2.91. The van der Waals surface area contributed by atoms with E-state index in [1.165, 1.54) is 25.6 Å². The Hall–Kier alpha value is -2.28. The van der Waals surface area contributed by atoms with Gasteiger partial charge in [-0.1, -0.05) is 12.5 Å². The van der Waals surface area contributed by atoms with Gasteiger partial charge in [-0.2, -0.15) is 0 Å². The first-order valence-electron chi connectivity index (χ1n) is 8.60. The van der Waals surface area contributed by atoms with E-state index >= 15 is 0 Å². The smallest absolute Gasteiger partial charge is 0.251 e. The first kappa shape index (κ1) is 15.3. The summed E-state index contributed by atoms with van der Waals surface area (Å²) in [7, 11) is 0. The fraction of sp³-hybridized carbons (Fsp3) is 0.529. The normalized spacial score (nSPS) is 29.2. The van der Waals surface area contributed by atoms with Gasteiger partial charge in [0.1, 0.15) is 6.33 Å². The summed E-state index contributed by atoms with van der Waals surface area (Å²) in [6.07, 6.45) is 7.14. The molecule has 3 N–H and O–H groups in total. The fourth-order valence-corrected chi connectivity index (χ4v) is 4.33. The zero-order chi connectivity index (χ0) is 16.5. The van der Waals surface area contributed by atoms with Gasteiger partial charge in [-0.15, -0.1) is 5.10 Å². The summed E-state index contributed by atoms with van der Waals surface area (Å²) in [5.41, 5.74) is 7.58. The molecular weight excluding hydrogens is 304 g/mol. The lowest BCUT2D eigenvalue weighted by Crippen LogP contribution is -2.53. The monoisotopic (exact) mass is 326 g/mol. The number of carbonyl (C=O) groups excluding carboxylic acids is 1. The number of amides is 1. The second-order valence-corrected chi connectivity index (χ2v) is 6.99. The highest BCUT2D eigenvalue weighted by Gasteiger charge is 2.39. The maximum Gasteiger partial charge on any atom is 0.251 e. The van der Waals surface area contributed by atoms with Crippen molar-refractivity contribution in [1.29, 1.82) is 0 Å². The lowest BCUT2D eigenvalue weighted by Gasteiger charge is -2.45. The van der Waals surface area contributed by atoms with Crippen LogP contribution in [0.15, 0.2) is 30.6 Å². The summed E-state index contributed by atoms with van der Waals surface area (Å²) in [4.78, 5) is 12.7. The molecule has 2 aliphatic rings. The van der Waals surface area contributed by atoms with Gasteiger partial charge in [-0.05, 0) is 66.1 Å². The Morgan fingerprint density at radius 2 is 2.04 bits per heavy atom. The number of benzene rings is 1. The van der Waals surface area contributed by atoms with Crippen LogP contribution in [0.1, 0.15) is 42.5 Å². The maximum atomic E-state index is 12.7. The minimum Gasteiger partial charge on any atom is -0.349 e. The lowest BCUT2D eigenvalue weighted by molar-refractivity contribution is 0.0756. The Balaban J connectivity index is 1.51. The molecule has 2 saturated carbocycles. The molecule has 4 rings (SSSR count). The molecule has 0 saturated heterocycles. The molecule has 126 valence electrons. The van der Waals surface area contributed by atoms with E-state index in [9.17, 15) is 4.79 Å². The maximum absolute atomic E-state index is 12.7. The molecule has 2 aromatic rings. The Morgan fingerprint density at radius 3 is 2.75 bits per heavy atom. The van der Waals surface area contributed by atoms with Crippen molar-refractivity contribution in [3.05, 3.63) is 36.2 Å². The SMILES string of the molecule is NC1CC2CCCC(C1)C2NC(=O)c1cccc(-n2cnnn2)c1. The fourth-order valence-electron chi connectivity index (χ4n) is 4.33. The van der Waals surface area contributed by atoms with E-state index in [1.807, 2.05) is 24.3 Å². The number of nitrogens with one attached hydrogen (secondary N) is 1. The van der Waals surface area contributed by atoms with E-state index < -0.39 is 0 Å². The number of fused-ring (bicyclic) bond motifs is 2. The van der Waals surface area contributed by atoms with Crippen LogP contribution in [-0.2, 0) is 0 Å². The second-order valence-electron chi connectivity index (χ2n) is 6.99. The van der Waals surface area contributed by atoms with Gasteiger partial charge in [0.2, 0.25) is 0 Å². The summed E-state index contributed by atoms with van der Waals surface area (Å²) in [6.45, 7) is 0. The number of tetrazole rings is 1. The Morgan fingerprint density at radius 1 is 1.25 bits per heavy atom. The van der Waals surface area contributed by atoms with Crippen LogP contribution in [-0.4, -0.2) is 38.2 Å². The predicted octanol–water partition coefficient (Wildman–Crippen LogP) is 1.30. The first-order chi connectivity index (χ1) is 11.7. The van der Waals surface area contributed by atoms with Crippen molar-refractivity contribution >= 4 is 5.91 Å². The van der Waals surface area contributed by atoms with E-state index in [2.05, 4.69) is 20.8 Å². The largest absolute Gasteiger partial charge is 0.349 e. The third-order valence-corrected chi connectivity index (χ3v) is 5.40. The van der Waals surface area contributed by atoms with Crippen molar-refractivity contribution in [2.24, 2.45) is 17.6 Å². The van der Waals surface area contributed by atoms with Crippen LogP contribution in [0, 0.1) is 11.8 Å². The Labute approximate surface area is 140 Å². The molecule has 0 spiro atoms. The minimum atomic E-state index is -0.0257. The molecule has 1 aromatic heterocycles. The molecule has 2 fully saturated rings. The lowest BCUT2D eigenvalue weighted by atomic mass is 9.67. The molecule has 1 heterocycles. The van der Waals surface area contributed by atoms with Crippen LogP contribution in [0.2, 0.25) is 0 Å². The Bertz CT molecular complexity index is 702. The molecule has 2 unspecified atom stereocenters. The summed E-state index contributed by atoms with van der Waals surface area (Å²) < 4.78 is 1.55. The average Bonchev–Trinajstić information content (AvgIpc) is 3.10. The Kier molecular flexibility index (Phi) is 4.02. The van der Waals surface area contributed by atoms with Crippen molar-refractivity contribution in [3.63, 3.8) is 0 Å². The number of aromatic nitrogens is 4. The van der Waals surface area contributed by atoms with Gasteiger partial charge in [0.15, 0.2) is 0 Å². The molecule has 0 aliphatic heterocycles. The number of hydrogen-bond donors (Lipinski definition) is 2. The van der Waals surface area contributed by atoms with Crippen LogP contribution in [0.5, 0.6) is 0 Å². The van der Waals surface area contributed by atoms with Gasteiger partial charge in [0.25, 0.3) is 5.91 Å². The predicted molar refractivity (Wildman–Crippen MR) is 88.4 cm³/mol. The van der Waals surface area contributed by atoms with Crippen molar-refractivity contribution in [2.75, 3.05) is 0 Å². The van der Waals surface area contributed by atoms with Gasteiger partial charge in [0, 0.05) is 17.6 Å². The third-order valence-electron chi connectivity index (χ3n) is 5.40. The van der Waals surface area contributed by atoms with Crippen molar-refractivity contribution in [3.8, 4) is 5.69 Å². The molecule has 2 bridgehead atoms. The van der Waals surface area contributed by atoms with E-state index in [0.29, 0.717) is 17.4 Å². The molecule has 2 atom stereocenters. The van der Waals surface area contributed by atoms with Crippen molar-refractivity contribution < 1.29 is 4.79 Å². The first-order valence-corrected chi connectivity index (χ1v) is 8.60. The van der Waals surface area contributed by atoms with Gasteiger partial charge in [-0.25, -0.2) is 4.68 Å². The molecule has 1 aromatic carbocycles. The highest BCUT2D eigenvalue weighted by Crippen LogP contribution is 2.39. The standard InChI is InChI=1S/C17H22N6O/c18-14-7-11-3-1-4-12(8-14)16(11)20-17(24)13-5-2-6-15(9-13)23-10-19-21-22-23/h2,5-6,9-12,14,16H,1,3-4,7-8,18H2,(H,20,24). The van der Waals surface area contributed by atoms with E-state index in [1.54, 1.807) is 4.68 Å². The van der Waals surface area contributed by atoms with Gasteiger partial charge >= 0.3 is 0 Å². The quantitative estimate of drug-likeness (QED) is 0.886. The number of rotatable bonds is 3. The topological polar surface area (TPSA) is 98.7 Å². The van der Waals surface area contributed by atoms with Crippen LogP contribution in [0.25, 0.3) is 5.69 Å². The van der Waals surface area contributed by atoms with E-state index in [4.69, 9.17) is 5.73 Å².